The molecular weight excluding hydrogens is 342 g/mol. The van der Waals surface area contributed by atoms with Crippen molar-refractivity contribution in [2.45, 2.75) is 73.6 Å². The number of aliphatic hydroxyl groups is 1. The molecule has 0 radical (unpaired) electrons. The third kappa shape index (κ3) is 6.98. The molecule has 5 heteroatoms. The zero-order valence-electron chi connectivity index (χ0n) is 18.0. The van der Waals surface area contributed by atoms with Crippen LogP contribution >= 0.6 is 0 Å². The van der Waals surface area contributed by atoms with Gasteiger partial charge in [0.2, 0.25) is 5.91 Å². The van der Waals surface area contributed by atoms with Gasteiger partial charge in [0.1, 0.15) is 0 Å². The van der Waals surface area contributed by atoms with Gasteiger partial charge in [-0.15, -0.1) is 0 Å². The molecular formula is C22H37NO4. The fourth-order valence-electron chi connectivity index (χ4n) is 3.44. The minimum atomic E-state index is -0.865. The molecule has 0 aromatic heterocycles. The van der Waals surface area contributed by atoms with E-state index in [1.807, 2.05) is 34.6 Å². The highest BCUT2D eigenvalue weighted by atomic mass is 16.4. The van der Waals surface area contributed by atoms with Crippen LogP contribution in [-0.4, -0.2) is 29.2 Å². The number of anilines is 1. The second-order valence-electron chi connectivity index (χ2n) is 7.11. The molecule has 0 bridgehead atoms. The number of aliphatic carboxylic acids is 1. The Morgan fingerprint density at radius 1 is 0.926 bits per heavy atom. The van der Waals surface area contributed by atoms with Crippen LogP contribution in [0, 0.1) is 39.5 Å². The monoisotopic (exact) mass is 379 g/mol. The first-order valence-electron chi connectivity index (χ1n) is 9.80. The Morgan fingerprint density at radius 3 is 2.00 bits per heavy atom. The predicted octanol–water partition coefficient (Wildman–Crippen LogP) is 4.77. The van der Waals surface area contributed by atoms with Crippen molar-refractivity contribution >= 4 is 17.6 Å². The van der Waals surface area contributed by atoms with Crippen molar-refractivity contribution in [2.75, 3.05) is 12.4 Å². The van der Waals surface area contributed by atoms with Gasteiger partial charge in [0.05, 0.1) is 11.8 Å². The van der Waals surface area contributed by atoms with E-state index in [1.165, 1.54) is 5.56 Å². The lowest BCUT2D eigenvalue weighted by molar-refractivity contribution is -0.146. The van der Waals surface area contributed by atoms with Gasteiger partial charge in [-0.3, -0.25) is 9.59 Å². The number of aryl methyl sites for hydroxylation is 2. The molecule has 0 aliphatic heterocycles. The SMILES string of the molecule is CCCCC(C(=O)O)C(CCC)C(=O)Nc1c(C)cc(C)c(C)c1C.CO. The Bertz CT molecular complexity index is 625. The molecule has 0 heterocycles. The second-order valence-corrected chi connectivity index (χ2v) is 7.11. The molecule has 3 N–H and O–H groups in total. The van der Waals surface area contributed by atoms with E-state index in [0.717, 1.165) is 48.8 Å². The normalized spacial score (nSPS) is 12.6. The fraction of sp³-hybridized carbons (Fsp3) is 0.636. The highest BCUT2D eigenvalue weighted by Crippen LogP contribution is 2.29. The predicted molar refractivity (Wildman–Crippen MR) is 111 cm³/mol. The number of nitrogens with one attached hydrogen (secondary N) is 1. The van der Waals surface area contributed by atoms with E-state index in [0.29, 0.717) is 12.8 Å². The average Bonchev–Trinajstić information content (AvgIpc) is 2.64. The van der Waals surface area contributed by atoms with Gasteiger partial charge in [0, 0.05) is 12.8 Å². The lowest BCUT2D eigenvalue weighted by atomic mass is 9.84. The molecule has 1 aromatic rings. The Morgan fingerprint density at radius 2 is 1.52 bits per heavy atom. The molecule has 5 nitrogen and oxygen atoms in total. The molecule has 2 unspecified atom stereocenters. The number of carbonyl (C=O) groups excluding carboxylic acids is 1. The van der Waals surface area contributed by atoms with Crippen LogP contribution in [0.15, 0.2) is 6.07 Å². The van der Waals surface area contributed by atoms with Gasteiger partial charge in [0.15, 0.2) is 0 Å². The summed E-state index contributed by atoms with van der Waals surface area (Å²) in [5.74, 6) is -2.14. The van der Waals surface area contributed by atoms with Gasteiger partial charge in [-0.25, -0.2) is 0 Å². The van der Waals surface area contributed by atoms with Crippen molar-refractivity contribution in [3.63, 3.8) is 0 Å². The van der Waals surface area contributed by atoms with E-state index >= 15 is 0 Å². The summed E-state index contributed by atoms with van der Waals surface area (Å²) in [5.41, 5.74) is 5.26. The number of hydrogen-bond donors (Lipinski definition) is 3. The Labute approximate surface area is 164 Å². The number of carboxylic acid groups (broad SMARTS) is 1. The number of unbranched alkanes of at least 4 members (excludes halogenated alkanes) is 1. The summed E-state index contributed by atoms with van der Waals surface area (Å²) in [4.78, 5) is 24.7. The minimum absolute atomic E-state index is 0.167. The van der Waals surface area contributed by atoms with Crippen molar-refractivity contribution in [1.29, 1.82) is 0 Å². The van der Waals surface area contributed by atoms with Crippen molar-refractivity contribution in [2.24, 2.45) is 11.8 Å². The van der Waals surface area contributed by atoms with E-state index < -0.39 is 17.8 Å². The summed E-state index contributed by atoms with van der Waals surface area (Å²) in [6.07, 6.45) is 3.69. The molecule has 1 aromatic carbocycles. The first-order valence-corrected chi connectivity index (χ1v) is 9.80. The third-order valence-electron chi connectivity index (χ3n) is 5.21. The molecule has 0 spiro atoms. The van der Waals surface area contributed by atoms with Crippen molar-refractivity contribution in [1.82, 2.24) is 0 Å². The molecule has 0 fully saturated rings. The van der Waals surface area contributed by atoms with Crippen molar-refractivity contribution < 1.29 is 19.8 Å². The quantitative estimate of drug-likeness (QED) is 0.576. The van der Waals surface area contributed by atoms with Crippen LogP contribution in [0.25, 0.3) is 0 Å². The van der Waals surface area contributed by atoms with E-state index in [4.69, 9.17) is 5.11 Å². The average molecular weight is 380 g/mol. The van der Waals surface area contributed by atoms with Crippen LogP contribution in [0.3, 0.4) is 0 Å². The van der Waals surface area contributed by atoms with Crippen LogP contribution in [0.2, 0.25) is 0 Å². The van der Waals surface area contributed by atoms with E-state index in [1.54, 1.807) is 0 Å². The molecule has 1 rings (SSSR count). The molecule has 0 saturated heterocycles. The first kappa shape index (κ1) is 25.1. The van der Waals surface area contributed by atoms with Gasteiger partial charge in [-0.2, -0.15) is 0 Å². The lowest BCUT2D eigenvalue weighted by Crippen LogP contribution is -2.34. The third-order valence-corrected chi connectivity index (χ3v) is 5.21. The second kappa shape index (κ2) is 12.5. The summed E-state index contributed by atoms with van der Waals surface area (Å²) in [7, 11) is 1.00. The van der Waals surface area contributed by atoms with Gasteiger partial charge in [-0.05, 0) is 62.8 Å². The molecule has 2 atom stereocenters. The van der Waals surface area contributed by atoms with Crippen LogP contribution in [-0.2, 0) is 9.59 Å². The van der Waals surface area contributed by atoms with E-state index in [-0.39, 0.29) is 5.91 Å². The zero-order chi connectivity index (χ0) is 21.1. The van der Waals surface area contributed by atoms with Crippen LogP contribution in [0.1, 0.15) is 68.2 Å². The summed E-state index contributed by atoms with van der Waals surface area (Å²) < 4.78 is 0. The van der Waals surface area contributed by atoms with Crippen LogP contribution in [0.5, 0.6) is 0 Å². The largest absolute Gasteiger partial charge is 0.481 e. The number of carboxylic acids is 1. The van der Waals surface area contributed by atoms with Crippen LogP contribution in [0.4, 0.5) is 5.69 Å². The van der Waals surface area contributed by atoms with E-state index in [2.05, 4.69) is 18.3 Å². The number of amides is 1. The smallest absolute Gasteiger partial charge is 0.307 e. The molecule has 0 aliphatic rings. The van der Waals surface area contributed by atoms with Crippen molar-refractivity contribution in [3.8, 4) is 0 Å². The number of benzene rings is 1. The summed E-state index contributed by atoms with van der Waals surface area (Å²) in [6.45, 7) is 12.1. The fourth-order valence-corrected chi connectivity index (χ4v) is 3.44. The molecule has 0 aliphatic carbocycles. The van der Waals surface area contributed by atoms with Gasteiger partial charge >= 0.3 is 5.97 Å². The summed E-state index contributed by atoms with van der Waals surface area (Å²) in [5, 5.41) is 19.7. The standard InChI is InChI=1S/C21H33NO3.CH4O/c1-7-9-11-18(21(24)25)17(10-8-2)20(23)22-19-14(4)12-13(3)15(5)16(19)6;1-2/h12,17-18H,7-11H2,1-6H3,(H,22,23)(H,24,25);2H,1H3. The maximum Gasteiger partial charge on any atom is 0.307 e. The van der Waals surface area contributed by atoms with Gasteiger partial charge < -0.3 is 15.5 Å². The topological polar surface area (TPSA) is 86.6 Å². The number of aliphatic hydroxyl groups excluding tert-OH is 1. The lowest BCUT2D eigenvalue weighted by Gasteiger charge is -2.24. The number of carbonyl (C=O) groups is 2. The number of rotatable bonds is 9. The number of hydrogen-bond acceptors (Lipinski definition) is 3. The molecule has 27 heavy (non-hydrogen) atoms. The van der Waals surface area contributed by atoms with Crippen LogP contribution < -0.4 is 5.32 Å². The van der Waals surface area contributed by atoms with Crippen molar-refractivity contribution in [3.05, 3.63) is 28.3 Å². The maximum atomic E-state index is 12.9. The Balaban J connectivity index is 0.00000326. The summed E-state index contributed by atoms with van der Waals surface area (Å²) in [6, 6.07) is 2.07. The Kier molecular flexibility index (Phi) is 11.6. The summed E-state index contributed by atoms with van der Waals surface area (Å²) >= 11 is 0. The Hall–Kier alpha value is -1.88. The molecule has 1 amide bonds. The first-order chi connectivity index (χ1) is 12.7. The molecule has 154 valence electrons. The minimum Gasteiger partial charge on any atom is -0.481 e. The van der Waals surface area contributed by atoms with E-state index in [9.17, 15) is 14.7 Å². The highest BCUT2D eigenvalue weighted by molar-refractivity contribution is 5.96. The maximum absolute atomic E-state index is 12.9. The highest BCUT2D eigenvalue weighted by Gasteiger charge is 2.33. The van der Waals surface area contributed by atoms with Gasteiger partial charge in [0.25, 0.3) is 0 Å². The zero-order valence-corrected chi connectivity index (χ0v) is 18.0. The molecule has 0 saturated carbocycles. The van der Waals surface area contributed by atoms with Gasteiger partial charge in [-0.1, -0.05) is 39.2 Å².